The van der Waals surface area contributed by atoms with Crippen LogP contribution in [0.5, 0.6) is 5.75 Å². The Balaban J connectivity index is 2.11. The second-order valence-electron chi connectivity index (χ2n) is 6.14. The number of nitrogens with one attached hydrogen (secondary N) is 1. The summed E-state index contributed by atoms with van der Waals surface area (Å²) in [6.07, 6.45) is 1.70. The summed E-state index contributed by atoms with van der Waals surface area (Å²) >= 11 is 1.40. The van der Waals surface area contributed by atoms with Crippen LogP contribution in [0.4, 0.5) is 5.13 Å². The second-order valence-corrected chi connectivity index (χ2v) is 7.37. The number of rotatable bonds is 7. The maximum atomic E-state index is 12.8. The lowest BCUT2D eigenvalue weighted by Gasteiger charge is -2.24. The van der Waals surface area contributed by atoms with Crippen molar-refractivity contribution in [1.29, 1.82) is 0 Å². The molecule has 0 aliphatic heterocycles. The molecule has 2 aromatic rings. The molecule has 1 aromatic carbocycles. The summed E-state index contributed by atoms with van der Waals surface area (Å²) in [7, 11) is 1.55. The normalized spacial score (nSPS) is 10.6. The summed E-state index contributed by atoms with van der Waals surface area (Å²) in [5.74, 6) is 0.395. The van der Waals surface area contributed by atoms with Gasteiger partial charge in [0.15, 0.2) is 5.13 Å². The summed E-state index contributed by atoms with van der Waals surface area (Å²) in [6.45, 7) is 6.40. The van der Waals surface area contributed by atoms with E-state index in [1.165, 1.54) is 11.3 Å². The lowest BCUT2D eigenvalue weighted by atomic mass is 10.1. The van der Waals surface area contributed by atoms with Crippen molar-refractivity contribution >= 4 is 28.3 Å². The number of amides is 2. The van der Waals surface area contributed by atoms with Gasteiger partial charge in [0, 0.05) is 23.2 Å². The molecule has 0 radical (unpaired) electrons. The van der Waals surface area contributed by atoms with Crippen molar-refractivity contribution in [3.05, 3.63) is 40.9 Å². The standard InChI is InChI=1S/C18H23N3O3S/c1-12(2)10-21(11-16(22)20-18-19-9-13(3)25-18)17(23)14-6-5-7-15(8-14)24-4/h5-9,12H,10-11H2,1-4H3,(H,19,20,22). The first kappa shape index (κ1) is 18.9. The van der Waals surface area contributed by atoms with Crippen LogP contribution in [0.15, 0.2) is 30.5 Å². The van der Waals surface area contributed by atoms with E-state index in [9.17, 15) is 9.59 Å². The number of thiazole rings is 1. The molecule has 0 unspecified atom stereocenters. The number of aromatic nitrogens is 1. The number of aryl methyl sites for hydroxylation is 1. The summed E-state index contributed by atoms with van der Waals surface area (Å²) in [5.41, 5.74) is 0.498. The van der Waals surface area contributed by atoms with Crippen LogP contribution in [0, 0.1) is 12.8 Å². The Morgan fingerprint density at radius 3 is 2.72 bits per heavy atom. The zero-order valence-electron chi connectivity index (χ0n) is 14.9. The highest BCUT2D eigenvalue weighted by molar-refractivity contribution is 7.15. The van der Waals surface area contributed by atoms with E-state index in [-0.39, 0.29) is 24.3 Å². The van der Waals surface area contributed by atoms with E-state index >= 15 is 0 Å². The Morgan fingerprint density at radius 1 is 1.36 bits per heavy atom. The van der Waals surface area contributed by atoms with Crippen LogP contribution in [-0.2, 0) is 4.79 Å². The summed E-state index contributed by atoms with van der Waals surface area (Å²) in [4.78, 5) is 31.8. The number of anilines is 1. The minimum atomic E-state index is -0.258. The Kier molecular flexibility index (Phi) is 6.52. The van der Waals surface area contributed by atoms with Gasteiger partial charge in [0.25, 0.3) is 5.91 Å². The molecule has 2 amide bonds. The van der Waals surface area contributed by atoms with Gasteiger partial charge in [0.1, 0.15) is 12.3 Å². The highest BCUT2D eigenvalue weighted by Crippen LogP contribution is 2.18. The molecule has 1 aromatic heterocycles. The number of nitrogens with zero attached hydrogens (tertiary/aromatic N) is 2. The molecule has 25 heavy (non-hydrogen) atoms. The Morgan fingerprint density at radius 2 is 2.12 bits per heavy atom. The molecule has 0 bridgehead atoms. The summed E-state index contributed by atoms with van der Waals surface area (Å²) in [6, 6.07) is 6.94. The minimum Gasteiger partial charge on any atom is -0.497 e. The predicted octanol–water partition coefficient (Wildman–Crippen LogP) is 3.20. The average molecular weight is 361 g/mol. The van der Waals surface area contributed by atoms with Crippen LogP contribution in [0.25, 0.3) is 0 Å². The Labute approximate surface area is 151 Å². The quantitative estimate of drug-likeness (QED) is 0.822. The van der Waals surface area contributed by atoms with Gasteiger partial charge in [-0.05, 0) is 31.0 Å². The Bertz CT molecular complexity index is 743. The molecule has 0 saturated carbocycles. The van der Waals surface area contributed by atoms with Gasteiger partial charge < -0.3 is 15.0 Å². The van der Waals surface area contributed by atoms with Gasteiger partial charge in [-0.15, -0.1) is 11.3 Å². The summed E-state index contributed by atoms with van der Waals surface area (Å²) < 4.78 is 5.17. The van der Waals surface area contributed by atoms with Crippen LogP contribution in [-0.4, -0.2) is 41.9 Å². The van der Waals surface area contributed by atoms with Crippen molar-refractivity contribution in [3.63, 3.8) is 0 Å². The van der Waals surface area contributed by atoms with Crippen molar-refractivity contribution in [2.75, 3.05) is 25.5 Å². The van der Waals surface area contributed by atoms with E-state index in [1.807, 2.05) is 20.8 Å². The Hall–Kier alpha value is -2.41. The number of carbonyl (C=O) groups excluding carboxylic acids is 2. The molecular formula is C18H23N3O3S. The zero-order chi connectivity index (χ0) is 18.4. The van der Waals surface area contributed by atoms with Gasteiger partial charge in [-0.3, -0.25) is 9.59 Å². The molecule has 0 saturated heterocycles. The molecule has 0 aliphatic rings. The fraction of sp³-hybridized carbons (Fsp3) is 0.389. The fourth-order valence-electron chi connectivity index (χ4n) is 2.34. The second kappa shape index (κ2) is 8.62. The third-order valence-corrected chi connectivity index (χ3v) is 4.22. The third-order valence-electron chi connectivity index (χ3n) is 3.39. The molecule has 0 atom stereocenters. The van der Waals surface area contributed by atoms with Gasteiger partial charge in [0.2, 0.25) is 5.91 Å². The van der Waals surface area contributed by atoms with E-state index in [0.717, 1.165) is 4.88 Å². The fourth-order valence-corrected chi connectivity index (χ4v) is 3.02. The first-order valence-corrected chi connectivity index (χ1v) is 8.86. The molecule has 0 fully saturated rings. The SMILES string of the molecule is COc1cccc(C(=O)N(CC(=O)Nc2ncc(C)s2)CC(C)C)c1. The van der Waals surface area contributed by atoms with Crippen LogP contribution in [0.1, 0.15) is 29.1 Å². The maximum Gasteiger partial charge on any atom is 0.254 e. The van der Waals surface area contributed by atoms with E-state index < -0.39 is 0 Å². The van der Waals surface area contributed by atoms with Crippen molar-refractivity contribution in [2.24, 2.45) is 5.92 Å². The van der Waals surface area contributed by atoms with E-state index in [2.05, 4.69) is 10.3 Å². The van der Waals surface area contributed by atoms with E-state index in [0.29, 0.717) is 23.0 Å². The number of hydrogen-bond donors (Lipinski definition) is 1. The first-order chi connectivity index (χ1) is 11.9. The molecule has 2 rings (SSSR count). The smallest absolute Gasteiger partial charge is 0.254 e. The zero-order valence-corrected chi connectivity index (χ0v) is 15.7. The van der Waals surface area contributed by atoms with Gasteiger partial charge in [-0.2, -0.15) is 0 Å². The van der Waals surface area contributed by atoms with Gasteiger partial charge in [-0.25, -0.2) is 4.98 Å². The topological polar surface area (TPSA) is 71.5 Å². The lowest BCUT2D eigenvalue weighted by molar-refractivity contribution is -0.117. The highest BCUT2D eigenvalue weighted by Gasteiger charge is 2.21. The lowest BCUT2D eigenvalue weighted by Crippen LogP contribution is -2.40. The molecule has 134 valence electrons. The maximum absolute atomic E-state index is 12.8. The van der Waals surface area contributed by atoms with Crippen molar-refractivity contribution in [3.8, 4) is 5.75 Å². The third kappa shape index (κ3) is 5.56. The molecule has 0 spiro atoms. The minimum absolute atomic E-state index is 0.0210. The van der Waals surface area contributed by atoms with Crippen LogP contribution in [0.3, 0.4) is 0 Å². The van der Waals surface area contributed by atoms with E-state index in [4.69, 9.17) is 4.74 Å². The molecule has 1 heterocycles. The molecule has 0 aliphatic carbocycles. The summed E-state index contributed by atoms with van der Waals surface area (Å²) in [5, 5.41) is 3.29. The number of benzene rings is 1. The predicted molar refractivity (Wildman–Crippen MR) is 99.2 cm³/mol. The number of carbonyl (C=O) groups is 2. The largest absolute Gasteiger partial charge is 0.497 e. The van der Waals surface area contributed by atoms with Crippen LogP contribution >= 0.6 is 11.3 Å². The average Bonchev–Trinajstić information content (AvgIpc) is 2.98. The number of methoxy groups -OCH3 is 1. The van der Waals surface area contributed by atoms with Gasteiger partial charge in [-0.1, -0.05) is 19.9 Å². The molecular weight excluding hydrogens is 338 g/mol. The monoisotopic (exact) mass is 361 g/mol. The van der Waals surface area contributed by atoms with Crippen LogP contribution in [0.2, 0.25) is 0 Å². The molecule has 1 N–H and O–H groups in total. The number of ether oxygens (including phenoxy) is 1. The van der Waals surface area contributed by atoms with E-state index in [1.54, 1.807) is 42.5 Å². The number of hydrogen-bond acceptors (Lipinski definition) is 5. The van der Waals surface area contributed by atoms with Crippen LogP contribution < -0.4 is 10.1 Å². The van der Waals surface area contributed by atoms with Crippen molar-refractivity contribution in [1.82, 2.24) is 9.88 Å². The van der Waals surface area contributed by atoms with Crippen molar-refractivity contribution in [2.45, 2.75) is 20.8 Å². The molecule has 7 heteroatoms. The highest BCUT2D eigenvalue weighted by atomic mass is 32.1. The first-order valence-electron chi connectivity index (χ1n) is 8.04. The molecule has 6 nitrogen and oxygen atoms in total. The van der Waals surface area contributed by atoms with Crippen molar-refractivity contribution < 1.29 is 14.3 Å². The van der Waals surface area contributed by atoms with Gasteiger partial charge in [0.05, 0.1) is 7.11 Å². The van der Waals surface area contributed by atoms with Gasteiger partial charge >= 0.3 is 0 Å².